The number of alkyl carbamates (subject to hydrolysis) is 1. The SMILES string of the molecule is [2H]C([2H])([2H])c1nc(C([2H])([2H])Oc2ccc(C[C@H](NC(=O)O[C@]3([2H])[C@@H]4CCO[C@@H]4OC3([2H])[2H])[C@H](O)CN(CC([2H])(C([2H])([2H])[2H])C([2H])([2H])[2H])S(=O)(=O)c3ccc4occc4c3)cc2)cs1. The van der Waals surface area contributed by atoms with Crippen LogP contribution in [-0.4, -0.2) is 79.7 Å². The number of ether oxygens (including phenoxy) is 4. The number of thiazole rings is 1. The summed E-state index contributed by atoms with van der Waals surface area (Å²) in [5.74, 6) is -4.64. The second-order valence-electron chi connectivity index (χ2n) is 10.9. The minimum atomic E-state index is -4.99. The Bertz CT molecular complexity index is 2380. The zero-order valence-electron chi connectivity index (χ0n) is 40.0. The minimum Gasteiger partial charge on any atom is -0.487 e. The molecule has 0 unspecified atom stereocenters. The van der Waals surface area contributed by atoms with Gasteiger partial charge < -0.3 is 33.8 Å². The van der Waals surface area contributed by atoms with Gasteiger partial charge in [-0.05, 0) is 67.5 Å². The molecule has 0 aliphatic carbocycles. The normalized spacial score (nSPS) is 29.2. The van der Waals surface area contributed by atoms with E-state index in [2.05, 4.69) is 10.3 Å². The van der Waals surface area contributed by atoms with Crippen molar-refractivity contribution in [1.82, 2.24) is 14.6 Å². The number of aryl methyl sites for hydroxylation is 1. The van der Waals surface area contributed by atoms with Gasteiger partial charge in [0.25, 0.3) is 0 Å². The first-order chi connectivity index (χ1) is 28.9. The molecule has 2 aromatic heterocycles. The second kappa shape index (κ2) is 14.9. The number of rotatable bonds is 14. The molecule has 12 nitrogen and oxygen atoms in total. The molecule has 2 aromatic carbocycles. The molecule has 0 radical (unpaired) electrons. The van der Waals surface area contributed by atoms with Crippen LogP contribution in [0.1, 0.15) is 57.0 Å². The first-order valence-electron chi connectivity index (χ1n) is 22.1. The summed E-state index contributed by atoms with van der Waals surface area (Å²) in [5.41, 5.74) is 0.196. The molecule has 1 amide bonds. The lowest BCUT2D eigenvalue weighted by atomic mass is 10.0. The van der Waals surface area contributed by atoms with E-state index >= 15 is 0 Å². The Morgan fingerprint density at radius 2 is 2.12 bits per heavy atom. The maximum atomic E-state index is 14.4. The van der Waals surface area contributed by atoms with Gasteiger partial charge in [0.15, 0.2) is 6.29 Å². The molecule has 2 fully saturated rings. The summed E-state index contributed by atoms with van der Waals surface area (Å²) in [5, 5.41) is 15.4. The average Bonchev–Trinajstić information content (AvgIpc) is 3.97. The summed E-state index contributed by atoms with van der Waals surface area (Å²) in [6.45, 7) is -17.9. The number of nitrogens with zero attached hydrogens (tertiary/aromatic N) is 2. The summed E-state index contributed by atoms with van der Waals surface area (Å²) in [4.78, 5) is 17.0. The van der Waals surface area contributed by atoms with Crippen LogP contribution in [0.4, 0.5) is 4.79 Å². The fraction of sp³-hybridized carbons (Fsp3) is 0.471. The summed E-state index contributed by atoms with van der Waals surface area (Å²) in [6.07, 6.45) is -6.57. The molecular formula is C34H41N3O9S2. The Hall–Kier alpha value is -3.53. The standard InChI is InChI=1S/C34H41N3O9S2/c1-21(2)16-37(48(40,41)27-8-9-31-24(15-27)10-12-42-31)17-30(38)29(36-34(39)46-32-19-45-33-28(32)11-13-43-33)14-23-4-6-26(7-5-23)44-18-25-20-47-22(3)35-25/h4-10,12,15,20-21,28-30,32-33,38H,11,13-14,16-19H2,1-3H3,(H,36,39)/t28-,29-,30+,32-,33+/m0/s1/i1D3,2D3,3D3,18D2,19D2,21D,32D. The summed E-state index contributed by atoms with van der Waals surface area (Å²) in [6, 6.07) is 8.55. The van der Waals surface area contributed by atoms with Crippen LogP contribution < -0.4 is 10.1 Å². The van der Waals surface area contributed by atoms with E-state index in [9.17, 15) is 18.3 Å². The van der Waals surface area contributed by atoms with Gasteiger partial charge in [-0.3, -0.25) is 0 Å². The maximum Gasteiger partial charge on any atom is 0.407 e. The molecule has 2 N–H and O–H groups in total. The molecule has 0 spiro atoms. The molecule has 4 aromatic rings. The van der Waals surface area contributed by atoms with Crippen LogP contribution >= 0.6 is 11.3 Å². The summed E-state index contributed by atoms with van der Waals surface area (Å²) >= 11 is 0.716. The Balaban J connectivity index is 1.33. The van der Waals surface area contributed by atoms with Gasteiger partial charge in [0.1, 0.15) is 24.0 Å². The molecule has 6 rings (SSSR count). The lowest BCUT2D eigenvalue weighted by molar-refractivity contribution is -0.0907. The number of amides is 1. The lowest BCUT2D eigenvalue weighted by Crippen LogP contribution is -2.51. The number of aliphatic hydroxyl groups is 1. The fourth-order valence-corrected chi connectivity index (χ4v) is 7.12. The van der Waals surface area contributed by atoms with Crippen molar-refractivity contribution in [2.45, 2.75) is 69.4 Å². The number of sulfonamides is 1. The van der Waals surface area contributed by atoms with Gasteiger partial charge in [-0.25, -0.2) is 18.2 Å². The van der Waals surface area contributed by atoms with E-state index in [0.29, 0.717) is 15.6 Å². The number of hydrogen-bond donors (Lipinski definition) is 2. The topological polar surface area (TPSA) is 150 Å². The van der Waals surface area contributed by atoms with E-state index < -0.39 is 111 Å². The molecule has 2 saturated heterocycles. The number of nitrogens with one attached hydrogen (secondary N) is 1. The number of benzene rings is 2. The van der Waals surface area contributed by atoms with Crippen LogP contribution in [0.5, 0.6) is 5.75 Å². The molecule has 4 heterocycles. The van der Waals surface area contributed by atoms with Crippen LogP contribution in [-0.2, 0) is 37.2 Å². The van der Waals surface area contributed by atoms with Crippen molar-refractivity contribution in [3.8, 4) is 5.75 Å². The number of carbonyl (C=O) groups is 1. The monoisotopic (exact) mass is 714 g/mol. The van der Waals surface area contributed by atoms with E-state index in [-0.39, 0.29) is 46.0 Å². The van der Waals surface area contributed by atoms with Gasteiger partial charge in [-0.15, -0.1) is 11.3 Å². The van der Waals surface area contributed by atoms with Crippen molar-refractivity contribution in [3.05, 3.63) is 76.4 Å². The number of hydrogen-bond acceptors (Lipinski definition) is 11. The molecule has 14 heteroatoms. The van der Waals surface area contributed by atoms with Crippen molar-refractivity contribution in [3.63, 3.8) is 0 Å². The summed E-state index contributed by atoms with van der Waals surface area (Å²) < 4.78 is 177. The van der Waals surface area contributed by atoms with Gasteiger partial charge in [-0.1, -0.05) is 25.8 Å². The molecule has 0 bridgehead atoms. The highest BCUT2D eigenvalue weighted by atomic mass is 32.2. The Morgan fingerprint density at radius 1 is 1.27 bits per heavy atom. The molecule has 48 heavy (non-hydrogen) atoms. The molecular weight excluding hydrogens is 659 g/mol. The number of aromatic nitrogens is 1. The molecule has 2 aliphatic heterocycles. The Morgan fingerprint density at radius 3 is 2.92 bits per heavy atom. The average molecular weight is 715 g/mol. The highest BCUT2D eigenvalue weighted by Gasteiger charge is 2.44. The minimum absolute atomic E-state index is 0.0640. The quantitative estimate of drug-likeness (QED) is 0.185. The lowest BCUT2D eigenvalue weighted by Gasteiger charge is -2.31. The van der Waals surface area contributed by atoms with E-state index in [1.54, 1.807) is 0 Å². The van der Waals surface area contributed by atoms with Gasteiger partial charge >= 0.3 is 6.09 Å². The van der Waals surface area contributed by atoms with Gasteiger partial charge in [0.2, 0.25) is 10.0 Å². The third kappa shape index (κ3) is 8.18. The van der Waals surface area contributed by atoms with Gasteiger partial charge in [0, 0.05) is 37.6 Å². The third-order valence-corrected chi connectivity index (χ3v) is 10.0. The van der Waals surface area contributed by atoms with Crippen LogP contribution in [0, 0.1) is 18.7 Å². The predicted octanol–water partition coefficient (Wildman–Crippen LogP) is 4.88. The highest BCUT2D eigenvalue weighted by molar-refractivity contribution is 7.89. The van der Waals surface area contributed by atoms with E-state index in [4.69, 9.17) is 43.9 Å². The van der Waals surface area contributed by atoms with Crippen molar-refractivity contribution >= 4 is 38.4 Å². The second-order valence-corrected chi connectivity index (χ2v) is 13.7. The van der Waals surface area contributed by atoms with Gasteiger partial charge in [0.05, 0.1) is 59.9 Å². The predicted molar refractivity (Wildman–Crippen MR) is 178 cm³/mol. The van der Waals surface area contributed by atoms with Crippen molar-refractivity contribution in [2.24, 2.45) is 11.8 Å². The van der Waals surface area contributed by atoms with Crippen LogP contribution in [0.3, 0.4) is 0 Å². The molecule has 2 aliphatic rings. The van der Waals surface area contributed by atoms with Crippen LogP contribution in [0.15, 0.2) is 69.5 Å². The highest BCUT2D eigenvalue weighted by Crippen LogP contribution is 2.33. The van der Waals surface area contributed by atoms with Crippen LogP contribution in [0.2, 0.25) is 0 Å². The summed E-state index contributed by atoms with van der Waals surface area (Å²) in [7, 11) is -4.99. The largest absolute Gasteiger partial charge is 0.487 e. The van der Waals surface area contributed by atoms with Crippen molar-refractivity contribution < 1.29 is 62.2 Å². The number of carbonyl (C=O) groups excluding carboxylic acids is 1. The Kier molecular flexibility index (Phi) is 6.29. The zero-order valence-corrected chi connectivity index (χ0v) is 26.7. The fourth-order valence-electron chi connectivity index (χ4n) is 5.18. The van der Waals surface area contributed by atoms with Crippen molar-refractivity contribution in [2.75, 3.05) is 26.3 Å². The molecule has 258 valence electrons. The van der Waals surface area contributed by atoms with Gasteiger partial charge in [-0.2, -0.15) is 4.31 Å². The first-order valence-corrected chi connectivity index (χ1v) is 16.9. The van der Waals surface area contributed by atoms with Crippen molar-refractivity contribution in [1.29, 1.82) is 0 Å². The third-order valence-electron chi connectivity index (χ3n) is 7.57. The zero-order chi connectivity index (χ0) is 46.8. The number of fused-ring (bicyclic) bond motifs is 2. The first kappa shape index (κ1) is 20.2. The number of furan rings is 1. The van der Waals surface area contributed by atoms with Crippen LogP contribution in [0.25, 0.3) is 11.0 Å². The maximum absolute atomic E-state index is 14.4. The Labute approximate surface area is 305 Å². The molecule has 5 atom stereocenters. The smallest absolute Gasteiger partial charge is 0.407 e. The van der Waals surface area contributed by atoms with E-state index in [0.717, 1.165) is 12.1 Å². The van der Waals surface area contributed by atoms with E-state index in [1.807, 2.05) is 0 Å². The van der Waals surface area contributed by atoms with E-state index in [1.165, 1.54) is 48.0 Å². The molecule has 0 saturated carbocycles. The number of aliphatic hydroxyl groups excluding tert-OH is 1.